The number of Topliss-reactive ketones (excluding diaryl/α,β-unsaturated/α-hetero) is 1. The fourth-order valence-electron chi connectivity index (χ4n) is 1.63. The Morgan fingerprint density at radius 2 is 2.31 bits per heavy atom. The van der Waals surface area contributed by atoms with Crippen molar-refractivity contribution in [2.24, 2.45) is 0 Å². The van der Waals surface area contributed by atoms with Crippen molar-refractivity contribution in [2.75, 3.05) is 7.11 Å². The Balaban J connectivity index is 2.39. The molecule has 0 spiro atoms. The molecule has 1 aliphatic heterocycles. The number of aliphatic carboxylic acids is 1. The largest absolute Gasteiger partial charge is 0.497 e. The van der Waals surface area contributed by atoms with E-state index in [-0.39, 0.29) is 5.78 Å². The molecule has 0 saturated heterocycles. The molecule has 1 N–H and O–H groups in total. The number of fused-ring (bicyclic) bond motifs is 1. The van der Waals surface area contributed by atoms with Crippen molar-refractivity contribution in [3.63, 3.8) is 0 Å². The van der Waals surface area contributed by atoms with Crippen LogP contribution in [0.4, 0.5) is 0 Å². The van der Waals surface area contributed by atoms with Gasteiger partial charge in [0.25, 0.3) is 0 Å². The molecular weight excluding hydrogens is 228 g/mol. The number of hydrogen-bond donors (Lipinski definition) is 1. The first-order valence-corrected chi connectivity index (χ1v) is 5.74. The molecule has 5 heteroatoms. The molecule has 1 aromatic carbocycles. The van der Waals surface area contributed by atoms with Gasteiger partial charge in [0, 0.05) is 11.3 Å². The summed E-state index contributed by atoms with van der Waals surface area (Å²) in [7, 11) is 1.56. The van der Waals surface area contributed by atoms with E-state index in [4.69, 9.17) is 9.84 Å². The molecule has 1 unspecified atom stereocenters. The standard InChI is InChI=1S/C11H10O4S/c1-15-7-2-3-8-6(4-7)5-16-10(9(8)12)11(13)14/h2-4,10H,5H2,1H3,(H,13,14). The van der Waals surface area contributed by atoms with Crippen molar-refractivity contribution in [1.82, 2.24) is 0 Å². The van der Waals surface area contributed by atoms with Crippen LogP contribution in [0, 0.1) is 0 Å². The van der Waals surface area contributed by atoms with Gasteiger partial charge in [-0.05, 0) is 23.8 Å². The number of rotatable bonds is 2. The summed E-state index contributed by atoms with van der Waals surface area (Å²) in [4.78, 5) is 22.6. The average Bonchev–Trinajstić information content (AvgIpc) is 2.28. The zero-order valence-corrected chi connectivity index (χ0v) is 9.41. The van der Waals surface area contributed by atoms with Crippen LogP contribution in [0.15, 0.2) is 18.2 Å². The molecule has 0 aromatic heterocycles. The van der Waals surface area contributed by atoms with Crippen LogP contribution in [-0.4, -0.2) is 29.2 Å². The number of carbonyl (C=O) groups excluding carboxylic acids is 1. The topological polar surface area (TPSA) is 63.6 Å². The van der Waals surface area contributed by atoms with Gasteiger partial charge in [-0.2, -0.15) is 0 Å². The van der Waals surface area contributed by atoms with Crippen molar-refractivity contribution >= 4 is 23.5 Å². The summed E-state index contributed by atoms with van der Waals surface area (Å²) < 4.78 is 5.05. The first-order chi connectivity index (χ1) is 7.63. The molecule has 0 bridgehead atoms. The fraction of sp³-hybridized carbons (Fsp3) is 0.273. The minimum atomic E-state index is -1.07. The number of carboxylic acids is 1. The highest BCUT2D eigenvalue weighted by Gasteiger charge is 2.33. The average molecular weight is 238 g/mol. The predicted octanol–water partition coefficient (Wildman–Crippen LogP) is 1.58. The Labute approximate surface area is 96.6 Å². The summed E-state index contributed by atoms with van der Waals surface area (Å²) in [6, 6.07) is 5.08. The van der Waals surface area contributed by atoms with E-state index >= 15 is 0 Å². The number of benzene rings is 1. The van der Waals surface area contributed by atoms with Gasteiger partial charge in [-0.15, -0.1) is 11.8 Å². The fourth-order valence-corrected chi connectivity index (χ4v) is 2.64. The molecule has 1 aromatic rings. The SMILES string of the molecule is COc1ccc2c(c1)CSC(C(=O)O)C2=O. The maximum Gasteiger partial charge on any atom is 0.324 e. The third-order valence-electron chi connectivity index (χ3n) is 2.45. The maximum atomic E-state index is 11.8. The molecule has 84 valence electrons. The molecule has 4 nitrogen and oxygen atoms in total. The molecule has 1 heterocycles. The molecule has 0 radical (unpaired) electrons. The lowest BCUT2D eigenvalue weighted by Crippen LogP contribution is -2.30. The van der Waals surface area contributed by atoms with Crippen LogP contribution in [0.25, 0.3) is 0 Å². The highest BCUT2D eigenvalue weighted by molar-refractivity contribution is 8.00. The van der Waals surface area contributed by atoms with Crippen LogP contribution in [-0.2, 0) is 10.5 Å². The smallest absolute Gasteiger partial charge is 0.324 e. The lowest BCUT2D eigenvalue weighted by molar-refractivity contribution is -0.135. The van der Waals surface area contributed by atoms with Gasteiger partial charge in [0.2, 0.25) is 0 Å². The zero-order chi connectivity index (χ0) is 11.7. The second-order valence-corrected chi connectivity index (χ2v) is 4.51. The number of ketones is 1. The van der Waals surface area contributed by atoms with Crippen molar-refractivity contribution in [3.05, 3.63) is 29.3 Å². The summed E-state index contributed by atoms with van der Waals surface area (Å²) in [5.74, 6) is -0.200. The Bertz CT molecular complexity index is 455. The molecule has 16 heavy (non-hydrogen) atoms. The third-order valence-corrected chi connectivity index (χ3v) is 3.67. The molecule has 1 atom stereocenters. The predicted molar refractivity (Wildman–Crippen MR) is 60.0 cm³/mol. The Hall–Kier alpha value is -1.49. The molecule has 0 aliphatic carbocycles. The van der Waals surface area contributed by atoms with Crippen LogP contribution < -0.4 is 4.74 Å². The molecular formula is C11H10O4S. The van der Waals surface area contributed by atoms with Gasteiger partial charge < -0.3 is 9.84 Å². The van der Waals surface area contributed by atoms with Crippen molar-refractivity contribution in [3.8, 4) is 5.75 Å². The van der Waals surface area contributed by atoms with Crippen LogP contribution in [0.1, 0.15) is 15.9 Å². The van der Waals surface area contributed by atoms with Gasteiger partial charge in [0.15, 0.2) is 11.0 Å². The third kappa shape index (κ3) is 1.78. The van der Waals surface area contributed by atoms with E-state index in [9.17, 15) is 9.59 Å². The molecule has 0 saturated carbocycles. The highest BCUT2D eigenvalue weighted by Crippen LogP contribution is 2.32. The summed E-state index contributed by atoms with van der Waals surface area (Å²) >= 11 is 1.14. The van der Waals surface area contributed by atoms with E-state index in [1.165, 1.54) is 0 Å². The molecule has 0 fully saturated rings. The lowest BCUT2D eigenvalue weighted by Gasteiger charge is -2.20. The summed E-state index contributed by atoms with van der Waals surface area (Å²) in [5.41, 5.74) is 1.33. The number of thioether (sulfide) groups is 1. The lowest BCUT2D eigenvalue weighted by atomic mass is 10.0. The van der Waals surface area contributed by atoms with E-state index in [0.717, 1.165) is 17.3 Å². The van der Waals surface area contributed by atoms with Crippen LogP contribution in [0.2, 0.25) is 0 Å². The van der Waals surface area contributed by atoms with Crippen LogP contribution >= 0.6 is 11.8 Å². The first-order valence-electron chi connectivity index (χ1n) is 4.69. The van der Waals surface area contributed by atoms with Crippen molar-refractivity contribution < 1.29 is 19.4 Å². The Morgan fingerprint density at radius 1 is 1.56 bits per heavy atom. The minimum Gasteiger partial charge on any atom is -0.497 e. The normalized spacial score (nSPS) is 19.1. The van der Waals surface area contributed by atoms with E-state index in [2.05, 4.69) is 0 Å². The van der Waals surface area contributed by atoms with Gasteiger partial charge in [0.05, 0.1) is 7.11 Å². The van der Waals surface area contributed by atoms with Crippen LogP contribution in [0.3, 0.4) is 0 Å². The maximum absolute atomic E-state index is 11.8. The van der Waals surface area contributed by atoms with Crippen LogP contribution in [0.5, 0.6) is 5.75 Å². The summed E-state index contributed by atoms with van der Waals surface area (Å²) in [6.45, 7) is 0. The monoisotopic (exact) mass is 238 g/mol. The van der Waals surface area contributed by atoms with Gasteiger partial charge in [0.1, 0.15) is 5.75 Å². The van der Waals surface area contributed by atoms with Crippen molar-refractivity contribution in [2.45, 2.75) is 11.0 Å². The Morgan fingerprint density at radius 3 is 2.94 bits per heavy atom. The number of methoxy groups -OCH3 is 1. The molecule has 1 aliphatic rings. The number of carboxylic acid groups (broad SMARTS) is 1. The highest BCUT2D eigenvalue weighted by atomic mass is 32.2. The van der Waals surface area contributed by atoms with Gasteiger partial charge >= 0.3 is 5.97 Å². The second kappa shape index (κ2) is 4.17. The zero-order valence-electron chi connectivity index (χ0n) is 8.60. The summed E-state index contributed by atoms with van der Waals surface area (Å²) in [5, 5.41) is 7.90. The number of hydrogen-bond acceptors (Lipinski definition) is 4. The number of ether oxygens (including phenoxy) is 1. The van der Waals surface area contributed by atoms with E-state index in [1.54, 1.807) is 25.3 Å². The first kappa shape index (κ1) is 11.0. The van der Waals surface area contributed by atoms with Gasteiger partial charge in [-0.25, -0.2) is 0 Å². The summed E-state index contributed by atoms with van der Waals surface area (Å²) in [6.07, 6.45) is 0. The van der Waals surface area contributed by atoms with Gasteiger partial charge in [-0.1, -0.05) is 0 Å². The number of carbonyl (C=O) groups is 2. The van der Waals surface area contributed by atoms with E-state index < -0.39 is 11.2 Å². The van der Waals surface area contributed by atoms with E-state index in [0.29, 0.717) is 17.1 Å². The second-order valence-electron chi connectivity index (χ2n) is 3.42. The Kier molecular flexibility index (Phi) is 2.87. The molecule has 0 amide bonds. The van der Waals surface area contributed by atoms with Gasteiger partial charge in [-0.3, -0.25) is 9.59 Å². The van der Waals surface area contributed by atoms with E-state index in [1.807, 2.05) is 0 Å². The van der Waals surface area contributed by atoms with Crippen molar-refractivity contribution in [1.29, 1.82) is 0 Å². The molecule has 2 rings (SSSR count). The quantitative estimate of drug-likeness (QED) is 0.792. The minimum absolute atomic E-state index is 0.332.